The van der Waals surface area contributed by atoms with Crippen molar-refractivity contribution < 1.29 is 24.0 Å². The standard InChI is InChI=1S/C46H50ClN7O5S2/c47-31-19-23-33(24-20-31)49-46-52-38(29-61-46)44-51-37(28-60-44)30-17-21-32(22-18-30)48-40(55)15-10-8-6-4-2-1-3-5-7-9-11-16-41(56)50-36-14-12-13-34-35(36)27-54(45(34)59)39-25-26-42(57)53-43(39)58/h12-14,17-24,28-29,39H,1-11,15-16,25-27H2,(H,48,55)(H,49,52)(H,50,56)(H,53,57,58). The lowest BCUT2D eigenvalue weighted by atomic mass is 10.0. The number of nitrogens with one attached hydrogen (secondary N) is 4. The molecule has 2 aliphatic rings. The number of halogens is 1. The molecule has 3 aromatic carbocycles. The van der Waals surface area contributed by atoms with Crippen molar-refractivity contribution in [3.8, 4) is 22.0 Å². The number of rotatable bonds is 21. The average molecular weight is 881 g/mol. The Morgan fingerprint density at radius 1 is 0.721 bits per heavy atom. The van der Waals surface area contributed by atoms with E-state index in [2.05, 4.69) is 21.3 Å². The zero-order valence-corrected chi connectivity index (χ0v) is 36.4. The highest BCUT2D eigenvalue weighted by Gasteiger charge is 2.40. The van der Waals surface area contributed by atoms with Gasteiger partial charge in [0.05, 0.1) is 5.69 Å². The molecule has 12 nitrogen and oxygen atoms in total. The molecule has 1 fully saturated rings. The number of fused-ring (bicyclic) bond motifs is 1. The minimum atomic E-state index is -0.688. The Kier molecular flexibility index (Phi) is 15.3. The summed E-state index contributed by atoms with van der Waals surface area (Å²) in [7, 11) is 0. The van der Waals surface area contributed by atoms with Crippen LogP contribution in [0.15, 0.2) is 77.5 Å². The van der Waals surface area contributed by atoms with Crippen LogP contribution in [0.25, 0.3) is 22.0 Å². The van der Waals surface area contributed by atoms with Crippen molar-refractivity contribution in [2.75, 3.05) is 16.0 Å². The second-order valence-electron chi connectivity index (χ2n) is 15.5. The number of anilines is 4. The van der Waals surface area contributed by atoms with Crippen LogP contribution in [0.1, 0.15) is 112 Å². The van der Waals surface area contributed by atoms with Gasteiger partial charge in [-0.2, -0.15) is 0 Å². The fourth-order valence-electron chi connectivity index (χ4n) is 7.64. The van der Waals surface area contributed by atoms with Gasteiger partial charge >= 0.3 is 0 Å². The third-order valence-corrected chi connectivity index (χ3v) is 12.8. The van der Waals surface area contributed by atoms with E-state index in [1.807, 2.05) is 59.3 Å². The van der Waals surface area contributed by atoms with Gasteiger partial charge < -0.3 is 20.9 Å². The molecular weight excluding hydrogens is 830 g/mol. The van der Waals surface area contributed by atoms with Crippen molar-refractivity contribution in [2.24, 2.45) is 0 Å². The van der Waals surface area contributed by atoms with Crippen molar-refractivity contribution in [1.29, 1.82) is 0 Å². The molecule has 1 saturated heterocycles. The third-order valence-electron chi connectivity index (χ3n) is 11.0. The van der Waals surface area contributed by atoms with Gasteiger partial charge in [0.25, 0.3) is 5.91 Å². The highest BCUT2D eigenvalue weighted by Crippen LogP contribution is 2.34. The first-order chi connectivity index (χ1) is 29.7. The molecular formula is C46H50ClN7O5S2. The molecule has 0 aliphatic carbocycles. The van der Waals surface area contributed by atoms with Gasteiger partial charge in [-0.25, -0.2) is 9.97 Å². The predicted molar refractivity (Wildman–Crippen MR) is 243 cm³/mol. The second-order valence-corrected chi connectivity index (χ2v) is 17.7. The smallest absolute Gasteiger partial charge is 0.255 e. The van der Waals surface area contributed by atoms with Gasteiger partial charge in [-0.3, -0.25) is 29.3 Å². The summed E-state index contributed by atoms with van der Waals surface area (Å²) in [5.41, 5.74) is 6.17. The van der Waals surface area contributed by atoms with E-state index < -0.39 is 11.9 Å². The van der Waals surface area contributed by atoms with E-state index >= 15 is 0 Å². The van der Waals surface area contributed by atoms with Gasteiger partial charge in [0.2, 0.25) is 23.6 Å². The Morgan fingerprint density at radius 2 is 1.34 bits per heavy atom. The summed E-state index contributed by atoms with van der Waals surface area (Å²) in [6.07, 6.45) is 13.2. The van der Waals surface area contributed by atoms with Crippen molar-refractivity contribution in [3.05, 3.63) is 93.6 Å². The Balaban J connectivity index is 0.697. The van der Waals surface area contributed by atoms with Crippen LogP contribution in [-0.2, 0) is 25.7 Å². The van der Waals surface area contributed by atoms with E-state index in [4.69, 9.17) is 21.6 Å². The maximum atomic E-state index is 13.1. The number of unbranched alkanes of at least 4 members (excludes halogenated alkanes) is 10. The molecule has 0 bridgehead atoms. The molecule has 61 heavy (non-hydrogen) atoms. The van der Waals surface area contributed by atoms with Crippen LogP contribution < -0.4 is 21.3 Å². The lowest BCUT2D eigenvalue weighted by molar-refractivity contribution is -0.137. The van der Waals surface area contributed by atoms with Crippen molar-refractivity contribution in [2.45, 2.75) is 109 Å². The van der Waals surface area contributed by atoms with Crippen LogP contribution in [0.2, 0.25) is 5.02 Å². The fourth-order valence-corrected chi connectivity index (χ4v) is 9.34. The molecule has 0 radical (unpaired) electrons. The minimum Gasteiger partial charge on any atom is -0.332 e. The summed E-state index contributed by atoms with van der Waals surface area (Å²) in [4.78, 5) is 73.4. The molecule has 2 aromatic heterocycles. The highest BCUT2D eigenvalue weighted by atomic mass is 35.5. The summed E-state index contributed by atoms with van der Waals surface area (Å²) in [5, 5.41) is 18.0. The monoisotopic (exact) mass is 879 g/mol. The molecule has 1 unspecified atom stereocenters. The van der Waals surface area contributed by atoms with E-state index in [-0.39, 0.29) is 36.6 Å². The molecule has 4 N–H and O–H groups in total. The number of carbonyl (C=O) groups excluding carboxylic acids is 5. The number of aromatic nitrogens is 2. The highest BCUT2D eigenvalue weighted by molar-refractivity contribution is 7.15. The van der Waals surface area contributed by atoms with Gasteiger partial charge in [-0.1, -0.05) is 87.6 Å². The molecule has 5 aromatic rings. The normalized spacial score (nSPS) is 14.8. The van der Waals surface area contributed by atoms with Crippen molar-refractivity contribution >= 4 is 86.0 Å². The lowest BCUT2D eigenvalue weighted by Gasteiger charge is -2.29. The number of amides is 5. The molecule has 1 atom stereocenters. The summed E-state index contributed by atoms with van der Waals surface area (Å²) >= 11 is 9.06. The van der Waals surface area contributed by atoms with E-state index in [0.717, 1.165) is 83.4 Å². The van der Waals surface area contributed by atoms with E-state index in [1.165, 1.54) is 41.9 Å². The van der Waals surface area contributed by atoms with Gasteiger partial charge in [0.15, 0.2) is 5.13 Å². The molecule has 5 amide bonds. The largest absolute Gasteiger partial charge is 0.332 e. The number of hydrogen-bond donors (Lipinski definition) is 4. The first-order valence-corrected chi connectivity index (χ1v) is 23.2. The first-order valence-electron chi connectivity index (χ1n) is 21.1. The van der Waals surface area contributed by atoms with Gasteiger partial charge in [-0.15, -0.1) is 22.7 Å². The number of hydrogen-bond acceptors (Lipinski definition) is 10. The van der Waals surface area contributed by atoms with Crippen LogP contribution in [-0.4, -0.2) is 50.4 Å². The maximum Gasteiger partial charge on any atom is 0.255 e. The molecule has 0 spiro atoms. The van der Waals surface area contributed by atoms with Crippen molar-refractivity contribution in [3.63, 3.8) is 0 Å². The molecule has 4 heterocycles. The van der Waals surface area contributed by atoms with E-state index in [0.29, 0.717) is 41.1 Å². The number of thiazole rings is 2. The Labute approximate surface area is 368 Å². The van der Waals surface area contributed by atoms with Gasteiger partial charge in [-0.05, 0) is 67.8 Å². The average Bonchev–Trinajstić information content (AvgIpc) is 4.01. The van der Waals surface area contributed by atoms with Crippen LogP contribution in [0, 0.1) is 0 Å². The summed E-state index contributed by atoms with van der Waals surface area (Å²) in [5.74, 6) is -1.08. The zero-order chi connectivity index (χ0) is 42.6. The van der Waals surface area contributed by atoms with Gasteiger partial charge in [0, 0.05) is 75.3 Å². The number of nitrogens with zero attached hydrogens (tertiary/aromatic N) is 3. The molecule has 318 valence electrons. The van der Waals surface area contributed by atoms with E-state index in [1.54, 1.807) is 29.5 Å². The van der Waals surface area contributed by atoms with Crippen LogP contribution in [0.4, 0.5) is 22.2 Å². The Hall–Kier alpha value is -5.44. The number of imide groups is 1. The molecule has 0 saturated carbocycles. The number of carbonyl (C=O) groups is 5. The lowest BCUT2D eigenvalue weighted by Crippen LogP contribution is -2.52. The quantitative estimate of drug-likeness (QED) is 0.0418. The maximum absolute atomic E-state index is 13.1. The summed E-state index contributed by atoms with van der Waals surface area (Å²) in [6, 6.07) is 19.9. The molecule has 2 aliphatic heterocycles. The SMILES string of the molecule is O=C1CCC(N2Cc3c(NC(=O)CCCCCCCCCCCCCC(=O)Nc4ccc(-c5csc(-c6csc(Nc7ccc(Cl)cc7)n6)n5)cc4)cccc3C2=O)C(=O)N1. The molecule has 7 rings (SSSR count). The van der Waals surface area contributed by atoms with Crippen LogP contribution in [0.3, 0.4) is 0 Å². The van der Waals surface area contributed by atoms with Crippen LogP contribution >= 0.6 is 34.3 Å². The Morgan fingerprint density at radius 3 is 2.02 bits per heavy atom. The Bertz CT molecular complexity index is 2330. The molecule has 15 heteroatoms. The summed E-state index contributed by atoms with van der Waals surface area (Å²) in [6.45, 7) is 0.227. The van der Waals surface area contributed by atoms with Crippen LogP contribution in [0.5, 0.6) is 0 Å². The topological polar surface area (TPSA) is 162 Å². The fraction of sp³-hybridized carbons (Fsp3) is 0.370. The summed E-state index contributed by atoms with van der Waals surface area (Å²) < 4.78 is 0. The third kappa shape index (κ3) is 12.1. The predicted octanol–water partition coefficient (Wildman–Crippen LogP) is 10.7. The number of piperidine rings is 1. The first kappa shape index (κ1) is 43.6. The van der Waals surface area contributed by atoms with Crippen molar-refractivity contribution in [1.82, 2.24) is 20.2 Å². The number of benzene rings is 3. The zero-order valence-electron chi connectivity index (χ0n) is 34.0. The minimum absolute atomic E-state index is 0.0335. The second kappa shape index (κ2) is 21.4. The van der Waals surface area contributed by atoms with E-state index in [9.17, 15) is 24.0 Å². The van der Waals surface area contributed by atoms with Gasteiger partial charge in [0.1, 0.15) is 16.7 Å².